The third-order valence-electron chi connectivity index (χ3n) is 5.46. The summed E-state index contributed by atoms with van der Waals surface area (Å²) in [6.45, 7) is -0.720. The number of pyridine rings is 1. The Morgan fingerprint density at radius 2 is 2.05 bits per heavy atom. The van der Waals surface area contributed by atoms with E-state index in [1.165, 1.54) is 17.1 Å². The highest BCUT2D eigenvalue weighted by atomic mass is 32.1. The first-order valence-electron chi connectivity index (χ1n) is 11.8. The Morgan fingerprint density at radius 3 is 2.82 bits per heavy atom. The third-order valence-corrected chi connectivity index (χ3v) is 6.36. The molecule has 0 radical (unpaired) electrons. The highest BCUT2D eigenvalue weighted by Gasteiger charge is 2.38. The fraction of sp³-hybridized carbons (Fsp3) is 0.391. The first-order chi connectivity index (χ1) is 18.7. The molecule has 3 aromatic heterocycles. The van der Waals surface area contributed by atoms with Crippen molar-refractivity contribution in [3.63, 3.8) is 0 Å². The van der Waals surface area contributed by atoms with E-state index in [0.717, 1.165) is 17.4 Å². The standard InChI is InChI=1S/C23H23F4N9O2S/c24-16(4-5-20-33-34-22(39-20)31-19(37)8-17-3-1-2-6-29-17)12-36-13-18(32-35-36)21(38)30-10-14-7-15(11-28-9-14)23(25,26)27/h1-3,6-7,9,13,15-16H,4-5,8,10-12H2,(H,30,38)(H,31,34,37). The lowest BCUT2D eigenvalue weighted by atomic mass is 10.0. The lowest BCUT2D eigenvalue weighted by Crippen LogP contribution is -2.30. The van der Waals surface area contributed by atoms with Gasteiger partial charge in [0.15, 0.2) is 5.69 Å². The van der Waals surface area contributed by atoms with Gasteiger partial charge in [0, 0.05) is 31.1 Å². The Balaban J connectivity index is 1.19. The molecular weight excluding hydrogens is 542 g/mol. The molecule has 4 rings (SSSR count). The van der Waals surface area contributed by atoms with E-state index in [1.54, 1.807) is 24.4 Å². The molecular formula is C23H23F4N9O2S. The Bertz CT molecular complexity index is 1340. The molecule has 4 heterocycles. The van der Waals surface area contributed by atoms with E-state index in [0.29, 0.717) is 15.8 Å². The van der Waals surface area contributed by atoms with Crippen molar-refractivity contribution < 1.29 is 27.2 Å². The highest BCUT2D eigenvalue weighted by Crippen LogP contribution is 2.29. The second kappa shape index (κ2) is 12.6. The number of carbonyl (C=O) groups is 2. The molecule has 0 saturated heterocycles. The fourth-order valence-corrected chi connectivity index (χ4v) is 4.29. The Hall–Kier alpha value is -4.08. The summed E-state index contributed by atoms with van der Waals surface area (Å²) in [4.78, 5) is 32.2. The van der Waals surface area contributed by atoms with E-state index < -0.39 is 24.2 Å². The molecule has 2 N–H and O–H groups in total. The molecule has 206 valence electrons. The molecule has 1 aliphatic heterocycles. The minimum atomic E-state index is -4.41. The summed E-state index contributed by atoms with van der Waals surface area (Å²) >= 11 is 1.14. The summed E-state index contributed by atoms with van der Waals surface area (Å²) in [5.74, 6) is -2.65. The Labute approximate surface area is 223 Å². The minimum Gasteiger partial charge on any atom is -0.346 e. The van der Waals surface area contributed by atoms with Crippen molar-refractivity contribution in [2.75, 3.05) is 18.4 Å². The predicted octanol–water partition coefficient (Wildman–Crippen LogP) is 2.60. The zero-order valence-electron chi connectivity index (χ0n) is 20.3. The van der Waals surface area contributed by atoms with E-state index in [4.69, 9.17) is 0 Å². The molecule has 3 aromatic rings. The van der Waals surface area contributed by atoms with Gasteiger partial charge in [-0.05, 0) is 24.1 Å². The number of aryl methyl sites for hydroxylation is 1. The van der Waals surface area contributed by atoms with Crippen LogP contribution in [0.4, 0.5) is 22.7 Å². The SMILES string of the molecule is O=C(Cc1ccccn1)Nc1nnc(CCC(F)Cn2cc(C(=O)NCC3=CC(C(F)(F)F)CN=C3)nn2)s1. The fourth-order valence-electron chi connectivity index (χ4n) is 3.51. The molecule has 0 spiro atoms. The quantitative estimate of drug-likeness (QED) is 0.341. The van der Waals surface area contributed by atoms with Crippen LogP contribution in [0.15, 0.2) is 47.2 Å². The minimum absolute atomic E-state index is 0.0882. The number of nitrogens with zero attached hydrogens (tertiary/aromatic N) is 7. The van der Waals surface area contributed by atoms with Crippen LogP contribution >= 0.6 is 11.3 Å². The van der Waals surface area contributed by atoms with Crippen LogP contribution in [0.2, 0.25) is 0 Å². The first-order valence-corrected chi connectivity index (χ1v) is 12.6. The third kappa shape index (κ3) is 8.46. The van der Waals surface area contributed by atoms with Crippen LogP contribution in [-0.2, 0) is 24.2 Å². The van der Waals surface area contributed by atoms with Crippen LogP contribution in [0.5, 0.6) is 0 Å². The number of dihydropyridines is 1. The van der Waals surface area contributed by atoms with Gasteiger partial charge in [0.2, 0.25) is 11.0 Å². The number of carbonyl (C=O) groups excluding carboxylic acids is 2. The van der Waals surface area contributed by atoms with Crippen molar-refractivity contribution in [2.24, 2.45) is 10.9 Å². The Morgan fingerprint density at radius 1 is 1.21 bits per heavy atom. The smallest absolute Gasteiger partial charge is 0.346 e. The van der Waals surface area contributed by atoms with Crippen molar-refractivity contribution in [3.8, 4) is 0 Å². The van der Waals surface area contributed by atoms with Gasteiger partial charge in [0.05, 0.1) is 31.6 Å². The number of nitrogens with one attached hydrogen (secondary N) is 2. The molecule has 11 nitrogen and oxygen atoms in total. The lowest BCUT2D eigenvalue weighted by Gasteiger charge is -2.19. The number of halogens is 4. The highest BCUT2D eigenvalue weighted by molar-refractivity contribution is 7.15. The van der Waals surface area contributed by atoms with Gasteiger partial charge < -0.3 is 10.6 Å². The van der Waals surface area contributed by atoms with E-state index >= 15 is 0 Å². The van der Waals surface area contributed by atoms with Crippen molar-refractivity contribution in [1.29, 1.82) is 0 Å². The van der Waals surface area contributed by atoms with Gasteiger partial charge in [0.25, 0.3) is 5.91 Å². The number of aliphatic imine (C=N–C) groups is 1. The number of amides is 2. The molecule has 2 atom stereocenters. The summed E-state index contributed by atoms with van der Waals surface area (Å²) in [5, 5.41) is 21.3. The normalized spacial score (nSPS) is 16.0. The number of alkyl halides is 4. The van der Waals surface area contributed by atoms with Gasteiger partial charge in [-0.2, -0.15) is 13.2 Å². The van der Waals surface area contributed by atoms with E-state index in [9.17, 15) is 27.2 Å². The van der Waals surface area contributed by atoms with Crippen LogP contribution in [-0.4, -0.2) is 73.6 Å². The molecule has 39 heavy (non-hydrogen) atoms. The zero-order chi connectivity index (χ0) is 27.8. The van der Waals surface area contributed by atoms with Crippen LogP contribution < -0.4 is 10.6 Å². The van der Waals surface area contributed by atoms with Crippen LogP contribution in [0.25, 0.3) is 0 Å². The Kier molecular flexibility index (Phi) is 9.06. The molecule has 0 saturated carbocycles. The molecule has 2 amide bonds. The van der Waals surface area contributed by atoms with Gasteiger partial charge in [-0.3, -0.25) is 19.6 Å². The second-order valence-electron chi connectivity index (χ2n) is 8.58. The topological polar surface area (TPSA) is 140 Å². The van der Waals surface area contributed by atoms with Crippen molar-refractivity contribution >= 4 is 34.5 Å². The molecule has 2 unspecified atom stereocenters. The average Bonchev–Trinajstić information content (AvgIpc) is 3.56. The van der Waals surface area contributed by atoms with E-state index in [-0.39, 0.29) is 56.1 Å². The monoisotopic (exact) mass is 565 g/mol. The van der Waals surface area contributed by atoms with Crippen LogP contribution in [0, 0.1) is 5.92 Å². The number of anilines is 1. The summed E-state index contributed by atoms with van der Waals surface area (Å²) in [5.41, 5.74) is 0.739. The number of aromatic nitrogens is 6. The summed E-state index contributed by atoms with van der Waals surface area (Å²) in [7, 11) is 0. The van der Waals surface area contributed by atoms with Crippen molar-refractivity contribution in [1.82, 2.24) is 35.5 Å². The van der Waals surface area contributed by atoms with Gasteiger partial charge in [0.1, 0.15) is 11.2 Å². The van der Waals surface area contributed by atoms with Crippen molar-refractivity contribution in [2.45, 2.75) is 38.2 Å². The summed E-state index contributed by atoms with van der Waals surface area (Å²) in [6.07, 6.45) is -0.144. The van der Waals surface area contributed by atoms with Crippen molar-refractivity contribution in [3.05, 3.63) is 58.6 Å². The molecule has 1 aliphatic rings. The predicted molar refractivity (Wildman–Crippen MR) is 133 cm³/mol. The van der Waals surface area contributed by atoms with Gasteiger partial charge in [-0.25, -0.2) is 9.07 Å². The first kappa shape index (κ1) is 27.9. The van der Waals surface area contributed by atoms with Crippen LogP contribution in [0.3, 0.4) is 0 Å². The maximum Gasteiger partial charge on any atom is 0.396 e. The second-order valence-corrected chi connectivity index (χ2v) is 9.64. The molecule has 0 aliphatic carbocycles. The maximum atomic E-state index is 14.5. The lowest BCUT2D eigenvalue weighted by molar-refractivity contribution is -0.158. The number of hydrogen-bond acceptors (Lipinski definition) is 9. The number of hydrogen-bond donors (Lipinski definition) is 2. The largest absolute Gasteiger partial charge is 0.396 e. The molecule has 0 bridgehead atoms. The van der Waals surface area contributed by atoms with Gasteiger partial charge >= 0.3 is 6.18 Å². The average molecular weight is 566 g/mol. The van der Waals surface area contributed by atoms with Crippen LogP contribution in [0.1, 0.15) is 27.6 Å². The number of rotatable bonds is 11. The van der Waals surface area contributed by atoms with E-state index in [1.807, 2.05) is 0 Å². The maximum absolute atomic E-state index is 14.5. The summed E-state index contributed by atoms with van der Waals surface area (Å²) < 4.78 is 54.3. The molecule has 0 fully saturated rings. The van der Waals surface area contributed by atoms with Gasteiger partial charge in [-0.1, -0.05) is 28.7 Å². The van der Waals surface area contributed by atoms with Gasteiger partial charge in [-0.15, -0.1) is 15.3 Å². The summed E-state index contributed by atoms with van der Waals surface area (Å²) in [6, 6.07) is 5.27. The molecule has 16 heteroatoms. The van der Waals surface area contributed by atoms with E-state index in [2.05, 4.69) is 41.1 Å². The molecule has 0 aromatic carbocycles. The zero-order valence-corrected chi connectivity index (χ0v) is 21.1.